The summed E-state index contributed by atoms with van der Waals surface area (Å²) in [5.41, 5.74) is 2.01. The van der Waals surface area contributed by atoms with Gasteiger partial charge in [-0.1, -0.05) is 0 Å². The third-order valence-electron chi connectivity index (χ3n) is 3.56. The van der Waals surface area contributed by atoms with Crippen LogP contribution in [0, 0.1) is 0 Å². The summed E-state index contributed by atoms with van der Waals surface area (Å²) in [6, 6.07) is 0.343. The van der Waals surface area contributed by atoms with Crippen molar-refractivity contribution >= 4 is 11.8 Å². The van der Waals surface area contributed by atoms with Gasteiger partial charge in [0, 0.05) is 36.6 Å². The summed E-state index contributed by atoms with van der Waals surface area (Å²) in [6.07, 6.45) is 7.43. The standard InChI is InChI=1S/C13H23N3OS/c1-13(17,9-18-3)8-14-11-5-4-6-12-10(11)7-15-16(12)2/h7,11,14,17H,4-6,8-9H2,1-3H3. The van der Waals surface area contributed by atoms with Crippen LogP contribution >= 0.6 is 11.8 Å². The van der Waals surface area contributed by atoms with Crippen LogP contribution in [-0.4, -0.2) is 39.0 Å². The molecule has 2 rings (SSSR count). The van der Waals surface area contributed by atoms with Crippen molar-refractivity contribution in [2.75, 3.05) is 18.6 Å². The van der Waals surface area contributed by atoms with E-state index >= 15 is 0 Å². The van der Waals surface area contributed by atoms with Crippen LogP contribution in [-0.2, 0) is 13.5 Å². The van der Waals surface area contributed by atoms with E-state index in [2.05, 4.69) is 10.4 Å². The fourth-order valence-electron chi connectivity index (χ4n) is 2.62. The Morgan fingerprint density at radius 2 is 2.44 bits per heavy atom. The van der Waals surface area contributed by atoms with Gasteiger partial charge in [-0.05, 0) is 32.4 Å². The van der Waals surface area contributed by atoms with Crippen molar-refractivity contribution in [1.82, 2.24) is 15.1 Å². The topological polar surface area (TPSA) is 50.1 Å². The molecule has 0 aliphatic heterocycles. The fourth-order valence-corrected chi connectivity index (χ4v) is 3.35. The molecule has 2 unspecified atom stereocenters. The van der Waals surface area contributed by atoms with Gasteiger partial charge in [-0.2, -0.15) is 16.9 Å². The van der Waals surface area contributed by atoms with Gasteiger partial charge in [0.1, 0.15) is 0 Å². The highest BCUT2D eigenvalue weighted by molar-refractivity contribution is 7.98. The Labute approximate surface area is 113 Å². The van der Waals surface area contributed by atoms with E-state index in [1.807, 2.05) is 31.1 Å². The maximum Gasteiger partial charge on any atom is 0.0833 e. The Morgan fingerprint density at radius 3 is 3.17 bits per heavy atom. The number of hydrogen-bond acceptors (Lipinski definition) is 4. The van der Waals surface area contributed by atoms with E-state index in [1.54, 1.807) is 11.8 Å². The molecule has 4 nitrogen and oxygen atoms in total. The molecule has 102 valence electrons. The zero-order chi connectivity index (χ0) is 13.2. The predicted molar refractivity (Wildman–Crippen MR) is 75.9 cm³/mol. The van der Waals surface area contributed by atoms with Crippen molar-refractivity contribution in [1.29, 1.82) is 0 Å². The van der Waals surface area contributed by atoms with Crippen LogP contribution in [0.25, 0.3) is 0 Å². The van der Waals surface area contributed by atoms with E-state index < -0.39 is 5.60 Å². The number of aliphatic hydroxyl groups is 1. The van der Waals surface area contributed by atoms with Gasteiger partial charge in [-0.25, -0.2) is 0 Å². The zero-order valence-electron chi connectivity index (χ0n) is 11.4. The maximum absolute atomic E-state index is 10.2. The van der Waals surface area contributed by atoms with Crippen molar-refractivity contribution in [3.63, 3.8) is 0 Å². The molecule has 0 bridgehead atoms. The third kappa shape index (κ3) is 3.08. The SMILES string of the molecule is CSCC(C)(O)CNC1CCCc2c1cnn2C. The molecule has 1 aliphatic carbocycles. The Kier molecular flexibility index (Phi) is 4.35. The average Bonchev–Trinajstić information content (AvgIpc) is 2.69. The lowest BCUT2D eigenvalue weighted by molar-refractivity contribution is 0.0805. The molecular formula is C13H23N3OS. The average molecular weight is 269 g/mol. The number of aromatic nitrogens is 2. The number of hydrogen-bond donors (Lipinski definition) is 2. The third-order valence-corrected chi connectivity index (χ3v) is 4.47. The summed E-state index contributed by atoms with van der Waals surface area (Å²) in [4.78, 5) is 0. The van der Waals surface area contributed by atoms with Gasteiger partial charge < -0.3 is 10.4 Å². The Bertz CT molecular complexity index is 403. The van der Waals surface area contributed by atoms with Crippen LogP contribution in [0.2, 0.25) is 0 Å². The summed E-state index contributed by atoms with van der Waals surface area (Å²) < 4.78 is 1.98. The molecule has 1 heterocycles. The number of fused-ring (bicyclic) bond motifs is 1. The van der Waals surface area contributed by atoms with Gasteiger partial charge in [0.25, 0.3) is 0 Å². The van der Waals surface area contributed by atoms with Crippen LogP contribution in [0.15, 0.2) is 6.20 Å². The van der Waals surface area contributed by atoms with Gasteiger partial charge in [-0.15, -0.1) is 0 Å². The highest BCUT2D eigenvalue weighted by atomic mass is 32.2. The zero-order valence-corrected chi connectivity index (χ0v) is 12.3. The number of aryl methyl sites for hydroxylation is 1. The maximum atomic E-state index is 10.2. The number of thioether (sulfide) groups is 1. The Morgan fingerprint density at radius 1 is 1.67 bits per heavy atom. The molecular weight excluding hydrogens is 246 g/mol. The quantitative estimate of drug-likeness (QED) is 0.850. The van der Waals surface area contributed by atoms with Gasteiger partial charge in [-0.3, -0.25) is 4.68 Å². The number of nitrogens with zero attached hydrogens (tertiary/aromatic N) is 2. The summed E-state index contributed by atoms with van der Waals surface area (Å²) in [5.74, 6) is 0.757. The molecule has 1 aliphatic rings. The van der Waals surface area contributed by atoms with E-state index in [0.29, 0.717) is 12.6 Å². The summed E-state index contributed by atoms with van der Waals surface area (Å²) in [5, 5.41) is 18.0. The van der Waals surface area contributed by atoms with Crippen LogP contribution in [0.1, 0.15) is 37.1 Å². The first-order valence-corrected chi connectivity index (χ1v) is 7.88. The van der Waals surface area contributed by atoms with Gasteiger partial charge in [0.2, 0.25) is 0 Å². The van der Waals surface area contributed by atoms with Gasteiger partial charge in [0.15, 0.2) is 0 Å². The van der Waals surface area contributed by atoms with E-state index in [0.717, 1.165) is 18.6 Å². The normalized spacial score (nSPS) is 22.6. The molecule has 0 saturated carbocycles. The molecule has 0 amide bonds. The highest BCUT2D eigenvalue weighted by Crippen LogP contribution is 2.29. The van der Waals surface area contributed by atoms with Crippen molar-refractivity contribution in [3.8, 4) is 0 Å². The molecule has 0 radical (unpaired) electrons. The van der Waals surface area contributed by atoms with Gasteiger partial charge >= 0.3 is 0 Å². The smallest absolute Gasteiger partial charge is 0.0833 e. The molecule has 0 saturated heterocycles. The van der Waals surface area contributed by atoms with Crippen molar-refractivity contribution in [2.45, 2.75) is 37.8 Å². The molecule has 2 N–H and O–H groups in total. The van der Waals surface area contributed by atoms with E-state index in [-0.39, 0.29) is 0 Å². The summed E-state index contributed by atoms with van der Waals surface area (Å²) >= 11 is 1.68. The minimum Gasteiger partial charge on any atom is -0.388 e. The molecule has 0 aromatic carbocycles. The number of rotatable bonds is 5. The predicted octanol–water partition coefficient (Wildman–Crippen LogP) is 1.50. The van der Waals surface area contributed by atoms with E-state index in [4.69, 9.17) is 0 Å². The molecule has 0 spiro atoms. The molecule has 5 heteroatoms. The first-order valence-electron chi connectivity index (χ1n) is 6.49. The monoisotopic (exact) mass is 269 g/mol. The van der Waals surface area contributed by atoms with Crippen LogP contribution in [0.3, 0.4) is 0 Å². The molecule has 2 atom stereocenters. The second-order valence-corrected chi connectivity index (χ2v) is 6.29. The van der Waals surface area contributed by atoms with E-state index in [1.165, 1.54) is 17.7 Å². The molecule has 1 aromatic heterocycles. The van der Waals surface area contributed by atoms with Crippen molar-refractivity contribution < 1.29 is 5.11 Å². The second-order valence-electron chi connectivity index (χ2n) is 5.43. The van der Waals surface area contributed by atoms with Crippen LogP contribution < -0.4 is 5.32 Å². The minimum atomic E-state index is -0.640. The minimum absolute atomic E-state index is 0.343. The first kappa shape index (κ1) is 13.9. The fraction of sp³-hybridized carbons (Fsp3) is 0.769. The van der Waals surface area contributed by atoms with Crippen LogP contribution in [0.4, 0.5) is 0 Å². The van der Waals surface area contributed by atoms with Crippen LogP contribution in [0.5, 0.6) is 0 Å². The second kappa shape index (κ2) is 5.63. The summed E-state index contributed by atoms with van der Waals surface area (Å²) in [6.45, 7) is 2.52. The lowest BCUT2D eigenvalue weighted by Gasteiger charge is -2.29. The lowest BCUT2D eigenvalue weighted by Crippen LogP contribution is -2.42. The Balaban J connectivity index is 1.99. The molecule has 1 aromatic rings. The Hall–Kier alpha value is -0.520. The number of nitrogens with one attached hydrogen (secondary N) is 1. The summed E-state index contributed by atoms with van der Waals surface area (Å²) in [7, 11) is 2.01. The van der Waals surface area contributed by atoms with E-state index in [9.17, 15) is 5.11 Å². The highest BCUT2D eigenvalue weighted by Gasteiger charge is 2.26. The molecule has 18 heavy (non-hydrogen) atoms. The van der Waals surface area contributed by atoms with Gasteiger partial charge in [0.05, 0.1) is 11.8 Å². The van der Waals surface area contributed by atoms with Crippen molar-refractivity contribution in [2.24, 2.45) is 7.05 Å². The van der Waals surface area contributed by atoms with Crippen molar-refractivity contribution in [3.05, 3.63) is 17.5 Å². The largest absolute Gasteiger partial charge is 0.388 e. The lowest BCUT2D eigenvalue weighted by atomic mass is 9.92. The molecule has 0 fully saturated rings. The first-order chi connectivity index (χ1) is 8.53.